The van der Waals surface area contributed by atoms with Crippen molar-refractivity contribution < 1.29 is 25.8 Å². The minimum Gasteiger partial charge on any atom is -0.259 e. The van der Waals surface area contributed by atoms with Gasteiger partial charge in [-0.15, -0.1) is 0 Å². The van der Waals surface area contributed by atoms with Gasteiger partial charge in [-0.1, -0.05) is 0 Å². The summed E-state index contributed by atoms with van der Waals surface area (Å²) < 4.78 is 60.2. The fraction of sp³-hybridized carbons (Fsp3) is 1.00. The summed E-state index contributed by atoms with van der Waals surface area (Å²) in [4.78, 5) is 0. The molecule has 0 aromatic heterocycles. The smallest absolute Gasteiger partial charge is 0.259 e. The second kappa shape index (κ2) is 3.66. The predicted octanol–water partition coefficient (Wildman–Crippen LogP) is 1.36. The molecule has 0 radical (unpaired) electrons. The van der Waals surface area contributed by atoms with Crippen molar-refractivity contribution in [3.63, 3.8) is 0 Å². The largest absolute Gasteiger partial charge is 0.523 e. The van der Waals surface area contributed by atoms with Gasteiger partial charge in [0.25, 0.3) is 0 Å². The molecular formula is C5H7F3O3S2. The van der Waals surface area contributed by atoms with Crippen LogP contribution in [-0.2, 0) is 14.3 Å². The fourth-order valence-electron chi connectivity index (χ4n) is 0.822. The Balaban J connectivity index is 2.62. The van der Waals surface area contributed by atoms with Gasteiger partial charge in [0.2, 0.25) is 0 Å². The lowest BCUT2D eigenvalue weighted by atomic mass is 10.3. The second-order valence-corrected chi connectivity index (χ2v) is 5.20. The van der Waals surface area contributed by atoms with Crippen molar-refractivity contribution in [1.82, 2.24) is 0 Å². The summed E-state index contributed by atoms with van der Waals surface area (Å²) in [6.45, 7) is 0. The molecule has 13 heavy (non-hydrogen) atoms. The SMILES string of the molecule is O=S(=O)(OC1CCSC1)C(F)(F)F. The summed E-state index contributed by atoms with van der Waals surface area (Å²) in [6.07, 6.45) is -0.475. The van der Waals surface area contributed by atoms with E-state index >= 15 is 0 Å². The lowest BCUT2D eigenvalue weighted by molar-refractivity contribution is -0.0565. The molecule has 0 aromatic carbocycles. The van der Waals surface area contributed by atoms with E-state index in [0.717, 1.165) is 0 Å². The Morgan fingerprint density at radius 3 is 2.38 bits per heavy atom. The van der Waals surface area contributed by atoms with Crippen molar-refractivity contribution in [3.05, 3.63) is 0 Å². The first kappa shape index (κ1) is 11.1. The topological polar surface area (TPSA) is 43.4 Å². The minimum atomic E-state index is -5.39. The van der Waals surface area contributed by atoms with Crippen LogP contribution in [0.25, 0.3) is 0 Å². The average molecular weight is 236 g/mol. The van der Waals surface area contributed by atoms with E-state index in [1.807, 2.05) is 0 Å². The Labute approximate surface area is 77.8 Å². The van der Waals surface area contributed by atoms with Crippen molar-refractivity contribution in [2.45, 2.75) is 18.0 Å². The Morgan fingerprint density at radius 1 is 1.38 bits per heavy atom. The van der Waals surface area contributed by atoms with Gasteiger partial charge in [0, 0.05) is 5.75 Å². The monoisotopic (exact) mass is 236 g/mol. The summed E-state index contributed by atoms with van der Waals surface area (Å²) in [5.41, 5.74) is -5.31. The molecule has 78 valence electrons. The zero-order valence-corrected chi connectivity index (χ0v) is 8.01. The minimum absolute atomic E-state index is 0.301. The van der Waals surface area contributed by atoms with E-state index in [1.54, 1.807) is 0 Å². The summed E-state index contributed by atoms with van der Waals surface area (Å²) in [5, 5.41) is 0. The van der Waals surface area contributed by atoms with Crippen molar-refractivity contribution >= 4 is 21.9 Å². The molecule has 1 aliphatic rings. The summed E-state index contributed by atoms with van der Waals surface area (Å²) >= 11 is 1.38. The number of thioether (sulfide) groups is 1. The first-order chi connectivity index (χ1) is 5.83. The third kappa shape index (κ3) is 2.75. The molecule has 1 rings (SSSR count). The number of rotatable bonds is 2. The fourth-order valence-corrected chi connectivity index (χ4v) is 2.63. The van der Waals surface area contributed by atoms with Crippen LogP contribution in [-0.4, -0.2) is 31.5 Å². The average Bonchev–Trinajstić information content (AvgIpc) is 2.35. The molecule has 1 unspecified atom stereocenters. The van der Waals surface area contributed by atoms with E-state index in [0.29, 0.717) is 17.9 Å². The lowest BCUT2D eigenvalue weighted by Crippen LogP contribution is -2.29. The molecule has 1 heterocycles. The van der Waals surface area contributed by atoms with Gasteiger partial charge in [-0.2, -0.15) is 33.4 Å². The highest BCUT2D eigenvalue weighted by Crippen LogP contribution is 2.29. The van der Waals surface area contributed by atoms with Crippen LogP contribution in [0.1, 0.15) is 6.42 Å². The highest BCUT2D eigenvalue weighted by atomic mass is 32.2. The molecule has 0 saturated carbocycles. The maximum Gasteiger partial charge on any atom is 0.523 e. The first-order valence-electron chi connectivity index (χ1n) is 3.40. The van der Waals surface area contributed by atoms with E-state index in [4.69, 9.17) is 0 Å². The van der Waals surface area contributed by atoms with E-state index < -0.39 is 21.7 Å². The van der Waals surface area contributed by atoms with Crippen LogP contribution in [0.5, 0.6) is 0 Å². The predicted molar refractivity (Wildman–Crippen MR) is 41.8 cm³/mol. The Morgan fingerprint density at radius 2 is 2.00 bits per heavy atom. The standard InChI is InChI=1S/C5H7F3O3S2/c6-5(7,8)13(9,10)11-4-1-2-12-3-4/h4H,1-3H2. The van der Waals surface area contributed by atoms with Crippen molar-refractivity contribution in [2.24, 2.45) is 0 Å². The third-order valence-electron chi connectivity index (χ3n) is 1.43. The first-order valence-corrected chi connectivity index (χ1v) is 5.96. The molecule has 8 heteroatoms. The van der Waals surface area contributed by atoms with Crippen LogP contribution in [0.4, 0.5) is 13.2 Å². The molecule has 1 saturated heterocycles. The van der Waals surface area contributed by atoms with Gasteiger partial charge in [-0.05, 0) is 12.2 Å². The summed E-state index contributed by atoms with van der Waals surface area (Å²) in [5.74, 6) is 0.938. The maximum atomic E-state index is 11.8. The van der Waals surface area contributed by atoms with Crippen LogP contribution in [0.15, 0.2) is 0 Å². The molecular weight excluding hydrogens is 229 g/mol. The van der Waals surface area contributed by atoms with Crippen LogP contribution in [0.3, 0.4) is 0 Å². The van der Waals surface area contributed by atoms with Crippen LogP contribution in [0.2, 0.25) is 0 Å². The van der Waals surface area contributed by atoms with E-state index in [1.165, 1.54) is 11.8 Å². The Kier molecular flexibility index (Phi) is 3.13. The van der Waals surface area contributed by atoms with E-state index in [2.05, 4.69) is 4.18 Å². The highest BCUT2D eigenvalue weighted by molar-refractivity contribution is 7.99. The van der Waals surface area contributed by atoms with Crippen molar-refractivity contribution in [3.8, 4) is 0 Å². The molecule has 1 atom stereocenters. The van der Waals surface area contributed by atoms with Crippen molar-refractivity contribution in [1.29, 1.82) is 0 Å². The molecule has 0 aromatic rings. The lowest BCUT2D eigenvalue weighted by Gasteiger charge is -2.12. The quantitative estimate of drug-likeness (QED) is 0.536. The number of halogens is 3. The Hall–Kier alpha value is 0.0500. The summed E-state index contributed by atoms with van der Waals surface area (Å²) in [7, 11) is -5.39. The van der Waals surface area contributed by atoms with Crippen LogP contribution >= 0.6 is 11.8 Å². The van der Waals surface area contributed by atoms with Crippen LogP contribution < -0.4 is 0 Å². The van der Waals surface area contributed by atoms with Crippen molar-refractivity contribution in [2.75, 3.05) is 11.5 Å². The molecule has 0 amide bonds. The number of hydrogen-bond donors (Lipinski definition) is 0. The van der Waals surface area contributed by atoms with E-state index in [-0.39, 0.29) is 0 Å². The van der Waals surface area contributed by atoms with Gasteiger partial charge >= 0.3 is 15.6 Å². The van der Waals surface area contributed by atoms with Gasteiger partial charge < -0.3 is 0 Å². The Bertz CT molecular complexity index is 265. The number of hydrogen-bond acceptors (Lipinski definition) is 4. The molecule has 0 N–H and O–H groups in total. The maximum absolute atomic E-state index is 11.8. The molecule has 0 bridgehead atoms. The van der Waals surface area contributed by atoms with Gasteiger partial charge in [0.1, 0.15) is 0 Å². The number of alkyl halides is 3. The highest BCUT2D eigenvalue weighted by Gasteiger charge is 2.48. The molecule has 1 aliphatic heterocycles. The summed E-state index contributed by atoms with van der Waals surface area (Å²) in [6, 6.07) is 0. The zero-order valence-electron chi connectivity index (χ0n) is 6.37. The van der Waals surface area contributed by atoms with Gasteiger partial charge in [-0.3, -0.25) is 4.18 Å². The molecule has 0 aliphatic carbocycles. The normalized spacial score (nSPS) is 25.0. The van der Waals surface area contributed by atoms with E-state index in [9.17, 15) is 21.6 Å². The van der Waals surface area contributed by atoms with Gasteiger partial charge in [0.05, 0.1) is 6.10 Å². The zero-order chi connectivity index (χ0) is 10.1. The molecule has 0 spiro atoms. The van der Waals surface area contributed by atoms with Crippen LogP contribution in [0, 0.1) is 0 Å². The third-order valence-corrected chi connectivity index (χ3v) is 3.66. The molecule has 3 nitrogen and oxygen atoms in total. The van der Waals surface area contributed by atoms with Gasteiger partial charge in [-0.25, -0.2) is 0 Å². The van der Waals surface area contributed by atoms with Gasteiger partial charge in [0.15, 0.2) is 0 Å². The second-order valence-electron chi connectivity index (χ2n) is 2.48. The molecule has 1 fully saturated rings.